The van der Waals surface area contributed by atoms with Crippen LogP contribution in [-0.2, 0) is 11.2 Å². The second kappa shape index (κ2) is 6.18. The Labute approximate surface area is 98.3 Å². The Kier molecular flexibility index (Phi) is 4.87. The van der Waals surface area contributed by atoms with Crippen LogP contribution in [0.25, 0.3) is 0 Å². The summed E-state index contributed by atoms with van der Waals surface area (Å²) in [7, 11) is 2.82. The average Bonchev–Trinajstić information content (AvgIpc) is 2.34. The average molecular weight is 244 g/mol. The molecule has 0 aromatic heterocycles. The Morgan fingerprint density at radius 3 is 2.29 bits per heavy atom. The lowest BCUT2D eigenvalue weighted by Gasteiger charge is -2.13. The van der Waals surface area contributed by atoms with Crippen molar-refractivity contribution in [2.45, 2.75) is 19.3 Å². The van der Waals surface area contributed by atoms with Crippen LogP contribution in [0, 0.1) is 0 Å². The maximum Gasteiger partial charge on any atom is 0.264 e. The first-order chi connectivity index (χ1) is 8.13. The molecule has 0 atom stereocenters. The number of aryl methyl sites for hydroxylation is 1. The molecule has 0 amide bonds. The fraction of sp³-hybridized carbons (Fsp3) is 0.417. The fourth-order valence-corrected chi connectivity index (χ4v) is 1.57. The van der Waals surface area contributed by atoms with Crippen LogP contribution in [0.2, 0.25) is 0 Å². The monoisotopic (exact) mass is 244 g/mol. The van der Waals surface area contributed by atoms with Crippen LogP contribution in [0.15, 0.2) is 12.1 Å². The molecule has 3 nitrogen and oxygen atoms in total. The molecule has 0 spiro atoms. The van der Waals surface area contributed by atoms with E-state index in [0.717, 1.165) is 0 Å². The lowest BCUT2D eigenvalue weighted by molar-refractivity contribution is -0.107. The first-order valence-corrected chi connectivity index (χ1v) is 5.10. The van der Waals surface area contributed by atoms with Crippen LogP contribution >= 0.6 is 0 Å². The highest BCUT2D eigenvalue weighted by Gasteiger charge is 2.17. The summed E-state index contributed by atoms with van der Waals surface area (Å²) in [6, 6.07) is 2.74. The Balaban J connectivity index is 3.19. The smallest absolute Gasteiger partial charge is 0.264 e. The third-order valence-corrected chi connectivity index (χ3v) is 2.41. The van der Waals surface area contributed by atoms with E-state index in [1.165, 1.54) is 26.4 Å². The van der Waals surface area contributed by atoms with Crippen molar-refractivity contribution in [3.05, 3.63) is 23.3 Å². The topological polar surface area (TPSA) is 35.5 Å². The summed E-state index contributed by atoms with van der Waals surface area (Å²) in [6.07, 6.45) is -1.43. The minimum Gasteiger partial charge on any atom is -0.493 e. The third-order valence-electron chi connectivity index (χ3n) is 2.41. The van der Waals surface area contributed by atoms with Crippen LogP contribution < -0.4 is 9.47 Å². The van der Waals surface area contributed by atoms with Crippen molar-refractivity contribution < 1.29 is 23.0 Å². The molecule has 94 valence electrons. The quantitative estimate of drug-likeness (QED) is 0.722. The van der Waals surface area contributed by atoms with Crippen molar-refractivity contribution in [1.29, 1.82) is 0 Å². The Morgan fingerprint density at radius 2 is 1.82 bits per heavy atom. The zero-order chi connectivity index (χ0) is 12.8. The number of halogens is 2. The van der Waals surface area contributed by atoms with Gasteiger partial charge in [0.15, 0.2) is 11.5 Å². The van der Waals surface area contributed by atoms with E-state index >= 15 is 0 Å². The van der Waals surface area contributed by atoms with E-state index in [-0.39, 0.29) is 24.2 Å². The highest BCUT2D eigenvalue weighted by atomic mass is 19.3. The second-order valence-electron chi connectivity index (χ2n) is 3.41. The molecule has 5 heteroatoms. The maximum absolute atomic E-state index is 12.8. The molecule has 0 aliphatic heterocycles. The molecule has 1 aromatic carbocycles. The van der Waals surface area contributed by atoms with Gasteiger partial charge in [-0.15, -0.1) is 0 Å². The second-order valence-corrected chi connectivity index (χ2v) is 3.41. The number of methoxy groups -OCH3 is 2. The number of rotatable bonds is 6. The molecule has 0 aliphatic rings. The lowest BCUT2D eigenvalue weighted by atomic mass is 10.0. The van der Waals surface area contributed by atoms with Crippen molar-refractivity contribution in [2.24, 2.45) is 0 Å². The van der Waals surface area contributed by atoms with Crippen molar-refractivity contribution in [3.8, 4) is 11.5 Å². The number of hydrogen-bond donors (Lipinski definition) is 0. The summed E-state index contributed by atoms with van der Waals surface area (Å²) in [5.41, 5.74) is 0.286. The van der Waals surface area contributed by atoms with Gasteiger partial charge in [0.05, 0.1) is 14.2 Å². The van der Waals surface area contributed by atoms with Crippen molar-refractivity contribution in [3.63, 3.8) is 0 Å². The van der Waals surface area contributed by atoms with Gasteiger partial charge in [0.25, 0.3) is 6.43 Å². The van der Waals surface area contributed by atoms with Gasteiger partial charge in [0.2, 0.25) is 0 Å². The van der Waals surface area contributed by atoms with Gasteiger partial charge in [-0.25, -0.2) is 8.78 Å². The minimum absolute atomic E-state index is 0.121. The molecule has 0 aliphatic carbocycles. The van der Waals surface area contributed by atoms with Gasteiger partial charge in [0, 0.05) is 12.0 Å². The predicted octanol–water partition coefficient (Wildman–Crippen LogP) is 2.77. The molecular formula is C12H14F2O3. The molecule has 0 fully saturated rings. The molecule has 0 bridgehead atoms. The van der Waals surface area contributed by atoms with Crippen LogP contribution in [0.3, 0.4) is 0 Å². The van der Waals surface area contributed by atoms with Gasteiger partial charge in [-0.05, 0) is 24.1 Å². The molecule has 0 heterocycles. The van der Waals surface area contributed by atoms with E-state index in [0.29, 0.717) is 17.6 Å². The number of ether oxygens (including phenoxy) is 2. The van der Waals surface area contributed by atoms with E-state index in [4.69, 9.17) is 9.47 Å². The van der Waals surface area contributed by atoms with Crippen molar-refractivity contribution in [2.75, 3.05) is 14.2 Å². The first kappa shape index (κ1) is 13.4. The van der Waals surface area contributed by atoms with Crippen molar-refractivity contribution in [1.82, 2.24) is 0 Å². The van der Waals surface area contributed by atoms with E-state index < -0.39 is 6.43 Å². The summed E-state index contributed by atoms with van der Waals surface area (Å²) in [5.74, 6) is 0.649. The van der Waals surface area contributed by atoms with Gasteiger partial charge in [-0.3, -0.25) is 0 Å². The maximum atomic E-state index is 12.8. The lowest BCUT2D eigenvalue weighted by Crippen LogP contribution is -2.00. The molecule has 0 radical (unpaired) electrons. The minimum atomic E-state index is -2.60. The molecule has 1 rings (SSSR count). The SMILES string of the molecule is COc1cc(CCC=O)c(C(F)F)cc1OC. The van der Waals surface area contributed by atoms with E-state index in [9.17, 15) is 13.6 Å². The summed E-state index contributed by atoms with van der Waals surface area (Å²) in [4.78, 5) is 10.3. The van der Waals surface area contributed by atoms with Crippen molar-refractivity contribution >= 4 is 6.29 Å². The van der Waals surface area contributed by atoms with E-state index in [1.807, 2.05) is 0 Å². The zero-order valence-corrected chi connectivity index (χ0v) is 9.70. The van der Waals surface area contributed by atoms with Gasteiger partial charge in [0.1, 0.15) is 6.29 Å². The molecule has 0 N–H and O–H groups in total. The van der Waals surface area contributed by atoms with E-state index in [1.54, 1.807) is 0 Å². The number of hydrogen-bond acceptors (Lipinski definition) is 3. The van der Waals surface area contributed by atoms with Gasteiger partial charge >= 0.3 is 0 Å². The predicted molar refractivity (Wildman–Crippen MR) is 58.9 cm³/mol. The van der Waals surface area contributed by atoms with E-state index in [2.05, 4.69) is 0 Å². The summed E-state index contributed by atoms with van der Waals surface area (Å²) in [6.45, 7) is 0. The number of carbonyl (C=O) groups excluding carboxylic acids is 1. The summed E-state index contributed by atoms with van der Waals surface area (Å²) in [5, 5.41) is 0. The van der Waals surface area contributed by atoms with Gasteiger partial charge in [-0.2, -0.15) is 0 Å². The molecule has 0 saturated carbocycles. The third kappa shape index (κ3) is 3.15. The molecular weight excluding hydrogens is 230 g/mol. The summed E-state index contributed by atoms with van der Waals surface area (Å²) < 4.78 is 35.6. The van der Waals surface area contributed by atoms with Crippen LogP contribution in [0.1, 0.15) is 24.0 Å². The zero-order valence-electron chi connectivity index (χ0n) is 9.70. The molecule has 0 unspecified atom stereocenters. The van der Waals surface area contributed by atoms with Crippen LogP contribution in [-0.4, -0.2) is 20.5 Å². The standard InChI is InChI=1S/C12H14F2O3/c1-16-10-6-8(4-3-5-15)9(12(13)14)7-11(10)17-2/h5-7,12H,3-4H2,1-2H3. The summed E-state index contributed by atoms with van der Waals surface area (Å²) >= 11 is 0. The Morgan fingerprint density at radius 1 is 1.24 bits per heavy atom. The number of benzene rings is 1. The van der Waals surface area contributed by atoms with Gasteiger partial charge in [-0.1, -0.05) is 0 Å². The number of carbonyl (C=O) groups is 1. The molecule has 0 saturated heterocycles. The van der Waals surface area contributed by atoms with Gasteiger partial charge < -0.3 is 14.3 Å². The Hall–Kier alpha value is -1.65. The highest BCUT2D eigenvalue weighted by Crippen LogP contribution is 2.35. The fourth-order valence-electron chi connectivity index (χ4n) is 1.57. The van der Waals surface area contributed by atoms with Crippen LogP contribution in [0.4, 0.5) is 8.78 Å². The normalized spacial score (nSPS) is 10.4. The van der Waals surface area contributed by atoms with Crippen LogP contribution in [0.5, 0.6) is 11.5 Å². The number of aldehydes is 1. The highest BCUT2D eigenvalue weighted by molar-refractivity contribution is 5.52. The Bertz CT molecular complexity index is 392. The molecule has 1 aromatic rings. The molecule has 17 heavy (non-hydrogen) atoms. The first-order valence-electron chi connectivity index (χ1n) is 5.10. The largest absolute Gasteiger partial charge is 0.493 e. The number of alkyl halides is 2.